The standard InChI is InChI=1S/C10H15N3OS/c1-2-3-7-6-15-9(12-7)13-8(14)10(11)4-5-10/h6H,2-5,11H2,1H3,(H,12,13,14). The van der Waals surface area contributed by atoms with Crippen molar-refractivity contribution >= 4 is 22.4 Å². The van der Waals surface area contributed by atoms with Gasteiger partial charge in [-0.05, 0) is 19.3 Å². The summed E-state index contributed by atoms with van der Waals surface area (Å²) in [5, 5.41) is 5.41. The van der Waals surface area contributed by atoms with E-state index in [1.807, 2.05) is 5.38 Å². The number of carbonyl (C=O) groups is 1. The van der Waals surface area contributed by atoms with Gasteiger partial charge in [0.25, 0.3) is 0 Å². The predicted molar refractivity (Wildman–Crippen MR) is 60.9 cm³/mol. The summed E-state index contributed by atoms with van der Waals surface area (Å²) in [7, 11) is 0. The van der Waals surface area contributed by atoms with Crippen LogP contribution in [0.1, 0.15) is 31.9 Å². The topological polar surface area (TPSA) is 68.0 Å². The number of rotatable bonds is 4. The molecule has 1 fully saturated rings. The van der Waals surface area contributed by atoms with Crippen LogP contribution in [0.25, 0.3) is 0 Å². The number of hydrogen-bond donors (Lipinski definition) is 2. The predicted octanol–water partition coefficient (Wildman–Crippen LogP) is 1.53. The average Bonchev–Trinajstić information content (AvgIpc) is 2.79. The zero-order valence-electron chi connectivity index (χ0n) is 8.75. The highest BCUT2D eigenvalue weighted by molar-refractivity contribution is 7.13. The number of hydrogen-bond acceptors (Lipinski definition) is 4. The van der Waals surface area contributed by atoms with Crippen LogP contribution in [0, 0.1) is 0 Å². The van der Waals surface area contributed by atoms with Crippen LogP contribution in [0.5, 0.6) is 0 Å². The highest BCUT2D eigenvalue weighted by Gasteiger charge is 2.46. The summed E-state index contributed by atoms with van der Waals surface area (Å²) < 4.78 is 0. The second-order valence-corrected chi connectivity index (χ2v) is 4.86. The van der Waals surface area contributed by atoms with Crippen molar-refractivity contribution in [3.63, 3.8) is 0 Å². The fraction of sp³-hybridized carbons (Fsp3) is 0.600. The summed E-state index contributed by atoms with van der Waals surface area (Å²) in [6.07, 6.45) is 3.59. The van der Waals surface area contributed by atoms with E-state index in [4.69, 9.17) is 5.73 Å². The number of amides is 1. The van der Waals surface area contributed by atoms with Crippen molar-refractivity contribution in [1.29, 1.82) is 0 Å². The minimum absolute atomic E-state index is 0.0973. The van der Waals surface area contributed by atoms with Crippen molar-refractivity contribution in [3.05, 3.63) is 11.1 Å². The van der Waals surface area contributed by atoms with Gasteiger partial charge in [0.1, 0.15) is 0 Å². The Labute approximate surface area is 92.9 Å². The maximum Gasteiger partial charge on any atom is 0.246 e. The van der Waals surface area contributed by atoms with Gasteiger partial charge in [-0.1, -0.05) is 13.3 Å². The normalized spacial score (nSPS) is 17.5. The molecule has 0 radical (unpaired) electrons. The van der Waals surface area contributed by atoms with Crippen LogP contribution in [-0.2, 0) is 11.2 Å². The maximum absolute atomic E-state index is 11.6. The lowest BCUT2D eigenvalue weighted by atomic mass is 10.3. The lowest BCUT2D eigenvalue weighted by molar-refractivity contribution is -0.118. The van der Waals surface area contributed by atoms with Crippen molar-refractivity contribution in [1.82, 2.24) is 4.98 Å². The Morgan fingerprint density at radius 2 is 2.47 bits per heavy atom. The van der Waals surface area contributed by atoms with E-state index in [1.54, 1.807) is 0 Å². The van der Waals surface area contributed by atoms with E-state index in [1.165, 1.54) is 11.3 Å². The number of aryl methyl sites for hydroxylation is 1. The molecule has 1 aromatic rings. The van der Waals surface area contributed by atoms with Crippen LogP contribution in [0.15, 0.2) is 5.38 Å². The summed E-state index contributed by atoms with van der Waals surface area (Å²) >= 11 is 1.46. The van der Waals surface area contributed by atoms with Crippen LogP contribution >= 0.6 is 11.3 Å². The van der Waals surface area contributed by atoms with Crippen molar-refractivity contribution in [2.75, 3.05) is 5.32 Å². The zero-order chi connectivity index (χ0) is 10.9. The van der Waals surface area contributed by atoms with Gasteiger partial charge in [0.15, 0.2) is 5.13 Å². The minimum atomic E-state index is -0.614. The molecule has 0 spiro atoms. The second kappa shape index (κ2) is 3.90. The quantitative estimate of drug-likeness (QED) is 0.816. The number of anilines is 1. The first-order valence-electron chi connectivity index (χ1n) is 5.19. The number of nitrogens with two attached hydrogens (primary N) is 1. The Bertz CT molecular complexity index is 370. The van der Waals surface area contributed by atoms with Crippen LogP contribution in [-0.4, -0.2) is 16.4 Å². The molecule has 82 valence electrons. The average molecular weight is 225 g/mol. The smallest absolute Gasteiger partial charge is 0.246 e. The van der Waals surface area contributed by atoms with E-state index in [-0.39, 0.29) is 5.91 Å². The molecule has 4 nitrogen and oxygen atoms in total. The summed E-state index contributed by atoms with van der Waals surface area (Å²) in [5.74, 6) is -0.0973. The Balaban J connectivity index is 1.95. The van der Waals surface area contributed by atoms with Crippen LogP contribution in [0.4, 0.5) is 5.13 Å². The molecule has 1 aromatic heterocycles. The molecule has 0 saturated heterocycles. The number of thiazole rings is 1. The molecule has 2 rings (SSSR count). The van der Waals surface area contributed by atoms with Crippen molar-refractivity contribution in [2.45, 2.75) is 38.1 Å². The molecule has 0 atom stereocenters. The number of aromatic nitrogens is 1. The molecule has 1 heterocycles. The molecule has 1 amide bonds. The van der Waals surface area contributed by atoms with Gasteiger partial charge in [0, 0.05) is 5.38 Å². The van der Waals surface area contributed by atoms with Gasteiger partial charge in [-0.3, -0.25) is 4.79 Å². The first kappa shape index (κ1) is 10.6. The molecule has 0 aliphatic heterocycles. The fourth-order valence-electron chi connectivity index (χ4n) is 1.32. The molecule has 1 aliphatic rings. The van der Waals surface area contributed by atoms with Gasteiger partial charge in [-0.25, -0.2) is 4.98 Å². The Kier molecular flexibility index (Phi) is 2.75. The van der Waals surface area contributed by atoms with Crippen LogP contribution < -0.4 is 11.1 Å². The fourth-order valence-corrected chi connectivity index (χ4v) is 2.06. The molecule has 15 heavy (non-hydrogen) atoms. The molecule has 1 aliphatic carbocycles. The van der Waals surface area contributed by atoms with Gasteiger partial charge in [-0.15, -0.1) is 11.3 Å². The van der Waals surface area contributed by atoms with Crippen LogP contribution in [0.3, 0.4) is 0 Å². The summed E-state index contributed by atoms with van der Waals surface area (Å²) in [4.78, 5) is 15.9. The largest absolute Gasteiger partial charge is 0.317 e. The Morgan fingerprint density at radius 1 is 1.73 bits per heavy atom. The molecule has 0 aromatic carbocycles. The third-order valence-corrected chi connectivity index (χ3v) is 3.33. The minimum Gasteiger partial charge on any atom is -0.317 e. The first-order chi connectivity index (χ1) is 7.14. The zero-order valence-corrected chi connectivity index (χ0v) is 9.56. The maximum atomic E-state index is 11.6. The molecular formula is C10H15N3OS. The number of carbonyl (C=O) groups excluding carboxylic acids is 1. The van der Waals surface area contributed by atoms with Crippen molar-refractivity contribution in [3.8, 4) is 0 Å². The van der Waals surface area contributed by atoms with Crippen LogP contribution in [0.2, 0.25) is 0 Å². The van der Waals surface area contributed by atoms with Gasteiger partial charge < -0.3 is 11.1 Å². The summed E-state index contributed by atoms with van der Waals surface area (Å²) in [6.45, 7) is 2.11. The lowest BCUT2D eigenvalue weighted by Gasteiger charge is -2.06. The van der Waals surface area contributed by atoms with Gasteiger partial charge in [-0.2, -0.15) is 0 Å². The molecule has 5 heteroatoms. The molecule has 3 N–H and O–H groups in total. The first-order valence-corrected chi connectivity index (χ1v) is 6.07. The second-order valence-electron chi connectivity index (χ2n) is 4.00. The van der Waals surface area contributed by atoms with Crippen molar-refractivity contribution in [2.24, 2.45) is 5.73 Å². The van der Waals surface area contributed by atoms with E-state index in [0.717, 1.165) is 31.4 Å². The summed E-state index contributed by atoms with van der Waals surface area (Å²) in [5.41, 5.74) is 6.20. The van der Waals surface area contributed by atoms with Gasteiger partial charge in [0.2, 0.25) is 5.91 Å². The van der Waals surface area contributed by atoms with E-state index >= 15 is 0 Å². The highest BCUT2D eigenvalue weighted by atomic mass is 32.1. The summed E-state index contributed by atoms with van der Waals surface area (Å²) in [6, 6.07) is 0. The highest BCUT2D eigenvalue weighted by Crippen LogP contribution is 2.33. The van der Waals surface area contributed by atoms with Gasteiger partial charge in [0.05, 0.1) is 11.2 Å². The van der Waals surface area contributed by atoms with E-state index < -0.39 is 5.54 Å². The van der Waals surface area contributed by atoms with E-state index in [2.05, 4.69) is 17.2 Å². The molecule has 0 unspecified atom stereocenters. The van der Waals surface area contributed by atoms with E-state index in [0.29, 0.717) is 5.13 Å². The van der Waals surface area contributed by atoms with Crippen molar-refractivity contribution < 1.29 is 4.79 Å². The monoisotopic (exact) mass is 225 g/mol. The Hall–Kier alpha value is -0.940. The number of nitrogens with one attached hydrogen (secondary N) is 1. The SMILES string of the molecule is CCCc1csc(NC(=O)C2(N)CC2)n1. The van der Waals surface area contributed by atoms with E-state index in [9.17, 15) is 4.79 Å². The third kappa shape index (κ3) is 2.35. The number of nitrogens with zero attached hydrogens (tertiary/aromatic N) is 1. The molecule has 0 bridgehead atoms. The lowest BCUT2D eigenvalue weighted by Crippen LogP contribution is -2.37. The molecular weight excluding hydrogens is 210 g/mol. The third-order valence-electron chi connectivity index (χ3n) is 2.52. The molecule has 1 saturated carbocycles. The Morgan fingerprint density at radius 3 is 3.07 bits per heavy atom. The van der Waals surface area contributed by atoms with Gasteiger partial charge >= 0.3 is 0 Å².